The van der Waals surface area contributed by atoms with E-state index in [4.69, 9.17) is 0 Å². The van der Waals surface area contributed by atoms with E-state index >= 15 is 0 Å². The van der Waals surface area contributed by atoms with Crippen LogP contribution in [0.15, 0.2) is 30.3 Å². The van der Waals surface area contributed by atoms with Crippen molar-refractivity contribution in [2.75, 3.05) is 0 Å². The van der Waals surface area contributed by atoms with E-state index in [0.29, 0.717) is 10.7 Å². The van der Waals surface area contributed by atoms with Crippen LogP contribution in [0.4, 0.5) is 0 Å². The summed E-state index contributed by atoms with van der Waals surface area (Å²) in [6.07, 6.45) is 2.17. The first kappa shape index (κ1) is 10.7. The van der Waals surface area contributed by atoms with Crippen LogP contribution in [0.25, 0.3) is 0 Å². The van der Waals surface area contributed by atoms with Gasteiger partial charge in [0, 0.05) is 4.83 Å². The monoisotopic (exact) mass is 263 g/mol. The molecule has 0 aliphatic heterocycles. The smallest absolute Gasteiger partial charge is 0.0797 e. The highest BCUT2D eigenvalue weighted by Gasteiger charge is 2.41. The fourth-order valence-corrected chi connectivity index (χ4v) is 2.65. The number of nitriles is 1. The first-order valence-corrected chi connectivity index (χ1v) is 6.18. The summed E-state index contributed by atoms with van der Waals surface area (Å²) in [7, 11) is 0. The van der Waals surface area contributed by atoms with Crippen molar-refractivity contribution in [2.45, 2.75) is 30.0 Å². The SMILES string of the molecule is CC(C#N)(CC1CC1Br)c1ccccc1. The Morgan fingerprint density at radius 3 is 2.53 bits per heavy atom. The molecular weight excluding hydrogens is 250 g/mol. The number of nitrogens with zero attached hydrogens (tertiary/aromatic N) is 1. The summed E-state index contributed by atoms with van der Waals surface area (Å²) >= 11 is 3.59. The predicted octanol–water partition coefficient (Wildman–Crippen LogP) is 3.64. The van der Waals surface area contributed by atoms with E-state index < -0.39 is 0 Å². The van der Waals surface area contributed by atoms with Crippen molar-refractivity contribution in [1.82, 2.24) is 0 Å². The summed E-state index contributed by atoms with van der Waals surface area (Å²) in [6.45, 7) is 2.04. The van der Waals surface area contributed by atoms with Crippen LogP contribution >= 0.6 is 15.9 Å². The maximum atomic E-state index is 9.34. The molecule has 78 valence electrons. The first-order chi connectivity index (χ1) is 7.15. The quantitative estimate of drug-likeness (QED) is 0.764. The van der Waals surface area contributed by atoms with Crippen molar-refractivity contribution in [3.05, 3.63) is 35.9 Å². The molecule has 0 heterocycles. The molecule has 1 nitrogen and oxygen atoms in total. The molecule has 1 aromatic rings. The Morgan fingerprint density at radius 1 is 1.47 bits per heavy atom. The van der Waals surface area contributed by atoms with Crippen molar-refractivity contribution >= 4 is 15.9 Å². The Balaban J connectivity index is 2.19. The fraction of sp³-hybridized carbons (Fsp3) is 0.462. The average molecular weight is 264 g/mol. The standard InChI is InChI=1S/C13H14BrN/c1-13(9-15,8-10-7-12(10)14)11-5-3-2-4-6-11/h2-6,10,12H,7-8H2,1H3. The number of rotatable bonds is 3. The highest BCUT2D eigenvalue weighted by molar-refractivity contribution is 9.09. The largest absolute Gasteiger partial charge is 0.197 e. The Bertz CT molecular complexity index is 381. The minimum atomic E-state index is -0.325. The van der Waals surface area contributed by atoms with Crippen molar-refractivity contribution in [3.8, 4) is 6.07 Å². The molecule has 1 saturated carbocycles. The Hall–Kier alpha value is -0.810. The second-order valence-electron chi connectivity index (χ2n) is 4.53. The molecule has 0 N–H and O–H groups in total. The highest BCUT2D eigenvalue weighted by atomic mass is 79.9. The molecular formula is C13H14BrN. The van der Waals surface area contributed by atoms with E-state index in [0.717, 1.165) is 12.0 Å². The van der Waals surface area contributed by atoms with Crippen molar-refractivity contribution in [1.29, 1.82) is 5.26 Å². The van der Waals surface area contributed by atoms with Gasteiger partial charge in [-0.3, -0.25) is 0 Å². The molecule has 3 unspecified atom stereocenters. The zero-order valence-corrected chi connectivity index (χ0v) is 10.4. The van der Waals surface area contributed by atoms with Gasteiger partial charge in [-0.05, 0) is 31.2 Å². The molecule has 0 radical (unpaired) electrons. The van der Waals surface area contributed by atoms with E-state index in [9.17, 15) is 5.26 Å². The molecule has 2 heteroatoms. The summed E-state index contributed by atoms with van der Waals surface area (Å²) in [5.41, 5.74) is 0.813. The van der Waals surface area contributed by atoms with Crippen LogP contribution in [-0.2, 0) is 5.41 Å². The van der Waals surface area contributed by atoms with Crippen LogP contribution in [-0.4, -0.2) is 4.83 Å². The lowest BCUT2D eigenvalue weighted by atomic mass is 9.79. The maximum absolute atomic E-state index is 9.34. The van der Waals surface area contributed by atoms with E-state index in [-0.39, 0.29) is 5.41 Å². The van der Waals surface area contributed by atoms with Crippen LogP contribution in [0.2, 0.25) is 0 Å². The highest BCUT2D eigenvalue weighted by Crippen LogP contribution is 2.46. The Labute approximate surface area is 99.2 Å². The van der Waals surface area contributed by atoms with Crippen molar-refractivity contribution in [3.63, 3.8) is 0 Å². The second-order valence-corrected chi connectivity index (χ2v) is 5.70. The Kier molecular flexibility index (Phi) is 2.84. The number of alkyl halides is 1. The van der Waals surface area contributed by atoms with Crippen molar-refractivity contribution in [2.24, 2.45) is 5.92 Å². The van der Waals surface area contributed by atoms with Gasteiger partial charge in [0.2, 0.25) is 0 Å². The second kappa shape index (κ2) is 3.98. The number of halogens is 1. The Morgan fingerprint density at radius 2 is 2.07 bits per heavy atom. The molecule has 0 aromatic heterocycles. The van der Waals surface area contributed by atoms with Gasteiger partial charge in [0.1, 0.15) is 0 Å². The lowest BCUT2D eigenvalue weighted by Crippen LogP contribution is -2.20. The molecule has 3 atom stereocenters. The lowest BCUT2D eigenvalue weighted by Gasteiger charge is -2.21. The maximum Gasteiger partial charge on any atom is 0.0797 e. The predicted molar refractivity (Wildman–Crippen MR) is 64.8 cm³/mol. The van der Waals surface area contributed by atoms with E-state index in [1.807, 2.05) is 25.1 Å². The summed E-state index contributed by atoms with van der Waals surface area (Å²) in [6, 6.07) is 12.6. The minimum Gasteiger partial charge on any atom is -0.197 e. The third-order valence-corrected chi connectivity index (χ3v) is 4.29. The molecule has 0 saturated heterocycles. The zero-order chi connectivity index (χ0) is 10.9. The van der Waals surface area contributed by atoms with Gasteiger partial charge in [0.05, 0.1) is 11.5 Å². The number of hydrogen-bond donors (Lipinski definition) is 0. The lowest BCUT2D eigenvalue weighted by molar-refractivity contribution is 0.514. The third kappa shape index (κ3) is 2.23. The van der Waals surface area contributed by atoms with Gasteiger partial charge in [-0.15, -0.1) is 0 Å². The molecule has 15 heavy (non-hydrogen) atoms. The van der Waals surface area contributed by atoms with Gasteiger partial charge in [0.25, 0.3) is 0 Å². The van der Waals surface area contributed by atoms with Gasteiger partial charge in [0.15, 0.2) is 0 Å². The van der Waals surface area contributed by atoms with Crippen LogP contribution in [0.5, 0.6) is 0 Å². The summed E-state index contributed by atoms with van der Waals surface area (Å²) < 4.78 is 0. The van der Waals surface area contributed by atoms with Gasteiger partial charge in [-0.1, -0.05) is 46.3 Å². The van der Waals surface area contributed by atoms with Crippen LogP contribution in [0, 0.1) is 17.2 Å². The van der Waals surface area contributed by atoms with Gasteiger partial charge < -0.3 is 0 Å². The fourth-order valence-electron chi connectivity index (χ4n) is 1.98. The molecule has 2 rings (SSSR count). The van der Waals surface area contributed by atoms with Crippen LogP contribution in [0.3, 0.4) is 0 Å². The molecule has 1 aliphatic rings. The van der Waals surface area contributed by atoms with E-state index in [1.54, 1.807) is 0 Å². The number of hydrogen-bond acceptors (Lipinski definition) is 1. The van der Waals surface area contributed by atoms with Crippen LogP contribution < -0.4 is 0 Å². The zero-order valence-electron chi connectivity index (χ0n) is 8.78. The molecule has 0 amide bonds. The molecule has 1 aliphatic carbocycles. The summed E-state index contributed by atoms with van der Waals surface area (Å²) in [4.78, 5) is 0.633. The van der Waals surface area contributed by atoms with Gasteiger partial charge >= 0.3 is 0 Å². The third-order valence-electron chi connectivity index (χ3n) is 3.16. The van der Waals surface area contributed by atoms with E-state index in [1.165, 1.54) is 6.42 Å². The van der Waals surface area contributed by atoms with E-state index in [2.05, 4.69) is 34.1 Å². The minimum absolute atomic E-state index is 0.325. The molecule has 0 bridgehead atoms. The van der Waals surface area contributed by atoms with Gasteiger partial charge in [-0.25, -0.2) is 0 Å². The molecule has 1 fully saturated rings. The van der Waals surface area contributed by atoms with Crippen molar-refractivity contribution < 1.29 is 0 Å². The summed E-state index contributed by atoms with van der Waals surface area (Å²) in [5, 5.41) is 9.34. The average Bonchev–Trinajstić information content (AvgIpc) is 2.95. The molecule has 1 aromatic carbocycles. The number of benzene rings is 1. The topological polar surface area (TPSA) is 23.8 Å². The summed E-state index contributed by atoms with van der Waals surface area (Å²) in [5.74, 6) is 0.676. The van der Waals surface area contributed by atoms with Crippen LogP contribution in [0.1, 0.15) is 25.3 Å². The van der Waals surface area contributed by atoms with Gasteiger partial charge in [-0.2, -0.15) is 5.26 Å². The first-order valence-electron chi connectivity index (χ1n) is 5.26. The normalized spacial score (nSPS) is 27.8. The molecule has 0 spiro atoms.